The summed E-state index contributed by atoms with van der Waals surface area (Å²) in [5.41, 5.74) is 3.89. The third-order valence-corrected chi connectivity index (χ3v) is 10.3. The average Bonchev–Trinajstić information content (AvgIpc) is 3.59. The van der Waals surface area contributed by atoms with Crippen LogP contribution >= 0.6 is 0 Å². The van der Waals surface area contributed by atoms with Crippen LogP contribution in [0.15, 0.2) is 91.3 Å². The van der Waals surface area contributed by atoms with Crippen molar-refractivity contribution < 1.29 is 31.5 Å². The zero-order chi connectivity index (χ0) is 39.4. The van der Waals surface area contributed by atoms with Crippen molar-refractivity contribution in [3.63, 3.8) is 0 Å². The van der Waals surface area contributed by atoms with Gasteiger partial charge in [0.25, 0.3) is 5.91 Å². The van der Waals surface area contributed by atoms with E-state index in [9.17, 15) is 22.0 Å². The summed E-state index contributed by atoms with van der Waals surface area (Å²) in [6.45, 7) is 5.87. The quantitative estimate of drug-likeness (QED) is 0.136. The van der Waals surface area contributed by atoms with Gasteiger partial charge in [-0.1, -0.05) is 12.1 Å². The second-order valence-corrected chi connectivity index (χ2v) is 15.4. The van der Waals surface area contributed by atoms with Gasteiger partial charge in [-0.05, 0) is 67.6 Å². The van der Waals surface area contributed by atoms with Gasteiger partial charge < -0.3 is 25.0 Å². The van der Waals surface area contributed by atoms with E-state index in [1.54, 1.807) is 30.5 Å². The number of para-hydroxylation sites is 1. The van der Waals surface area contributed by atoms with Crippen LogP contribution in [0.25, 0.3) is 28.3 Å². The van der Waals surface area contributed by atoms with Crippen molar-refractivity contribution in [1.82, 2.24) is 24.3 Å². The molecule has 0 bridgehead atoms. The van der Waals surface area contributed by atoms with E-state index in [0.29, 0.717) is 58.8 Å². The highest BCUT2D eigenvalue weighted by molar-refractivity contribution is 7.90. The van der Waals surface area contributed by atoms with E-state index in [2.05, 4.69) is 25.4 Å². The molecule has 56 heavy (non-hydrogen) atoms. The molecule has 0 atom stereocenters. The highest BCUT2D eigenvalue weighted by atomic mass is 32.2. The second kappa shape index (κ2) is 16.3. The van der Waals surface area contributed by atoms with Crippen LogP contribution in [-0.2, 0) is 9.84 Å². The predicted octanol–water partition coefficient (Wildman–Crippen LogP) is 6.31. The Morgan fingerprint density at radius 3 is 2.43 bits per heavy atom. The van der Waals surface area contributed by atoms with E-state index in [1.165, 1.54) is 19.4 Å². The molecular formula is C40H40F2N8O5S. The molecule has 0 saturated carbocycles. The van der Waals surface area contributed by atoms with Gasteiger partial charge in [-0.2, -0.15) is 0 Å². The number of amides is 1. The van der Waals surface area contributed by atoms with E-state index in [0.717, 1.165) is 44.0 Å². The first kappa shape index (κ1) is 38.2. The molecule has 3 aromatic heterocycles. The Morgan fingerprint density at radius 2 is 1.70 bits per heavy atom. The lowest BCUT2D eigenvalue weighted by molar-refractivity contribution is 0.102. The van der Waals surface area contributed by atoms with E-state index < -0.39 is 33.1 Å². The van der Waals surface area contributed by atoms with Gasteiger partial charge in [0.05, 0.1) is 47.8 Å². The van der Waals surface area contributed by atoms with Gasteiger partial charge in [0.2, 0.25) is 5.95 Å². The number of ether oxygens (including phenoxy) is 2. The molecule has 1 amide bonds. The number of imidazole rings is 1. The number of carbonyl (C=O) groups excluding carboxylic acids is 1. The molecule has 2 N–H and O–H groups in total. The third kappa shape index (κ3) is 8.40. The number of anilines is 4. The van der Waals surface area contributed by atoms with E-state index in [1.807, 2.05) is 53.9 Å². The number of halogens is 2. The number of piperazine rings is 1. The maximum atomic E-state index is 14.5. The minimum absolute atomic E-state index is 0.0430. The molecule has 13 nitrogen and oxygen atoms in total. The molecule has 1 fully saturated rings. The largest absolute Gasteiger partial charge is 0.496 e. The number of nitrogens with one attached hydrogen (secondary N) is 2. The molecule has 0 aliphatic carbocycles. The van der Waals surface area contributed by atoms with E-state index in [-0.39, 0.29) is 17.1 Å². The lowest BCUT2D eigenvalue weighted by atomic mass is 10.0. The van der Waals surface area contributed by atoms with Crippen LogP contribution in [0.5, 0.6) is 11.5 Å². The van der Waals surface area contributed by atoms with Crippen molar-refractivity contribution in [2.24, 2.45) is 0 Å². The maximum absolute atomic E-state index is 14.5. The Bertz CT molecular complexity index is 2490. The van der Waals surface area contributed by atoms with Gasteiger partial charge in [-0.15, -0.1) is 0 Å². The molecule has 0 radical (unpaired) electrons. The number of carbonyl (C=O) groups is 1. The summed E-state index contributed by atoms with van der Waals surface area (Å²) in [4.78, 5) is 32.2. The highest BCUT2D eigenvalue weighted by Gasteiger charge is 2.23. The minimum atomic E-state index is -3.02. The normalized spacial score (nSPS) is 13.5. The van der Waals surface area contributed by atoms with Crippen LogP contribution in [-0.4, -0.2) is 97.0 Å². The van der Waals surface area contributed by atoms with Crippen molar-refractivity contribution in [2.75, 3.05) is 74.0 Å². The first-order valence-electron chi connectivity index (χ1n) is 17.9. The Morgan fingerprint density at radius 1 is 0.911 bits per heavy atom. The molecule has 0 spiro atoms. The van der Waals surface area contributed by atoms with Gasteiger partial charge in [0, 0.05) is 68.7 Å². The third-order valence-electron chi connectivity index (χ3n) is 9.37. The number of aromatic nitrogens is 4. The number of pyridine rings is 1. The summed E-state index contributed by atoms with van der Waals surface area (Å²) in [6.07, 6.45) is 4.74. The van der Waals surface area contributed by atoms with Crippen LogP contribution in [0.3, 0.4) is 0 Å². The SMILES string of the molecule is CCOc1cc(N2CCN(CCS(C)(=O)=O)CC2)ccc1Nc1nccc(-c2c(-c3ccc(OC)c(C(=O)Nc4c(F)cccc4F)c3)nc3ccccn23)n1. The number of hydrogen-bond acceptors (Lipinski definition) is 11. The molecule has 1 aliphatic heterocycles. The van der Waals surface area contributed by atoms with Gasteiger partial charge in [-0.25, -0.2) is 32.2 Å². The topological polar surface area (TPSA) is 143 Å². The predicted molar refractivity (Wildman–Crippen MR) is 212 cm³/mol. The van der Waals surface area contributed by atoms with Gasteiger partial charge >= 0.3 is 0 Å². The van der Waals surface area contributed by atoms with Crippen LogP contribution in [0, 0.1) is 11.6 Å². The number of sulfone groups is 1. The Balaban J connectivity index is 1.18. The molecule has 7 rings (SSSR count). The minimum Gasteiger partial charge on any atom is -0.496 e. The van der Waals surface area contributed by atoms with Crippen molar-refractivity contribution in [3.05, 3.63) is 108 Å². The van der Waals surface area contributed by atoms with Gasteiger partial charge in [-0.3, -0.25) is 14.1 Å². The van der Waals surface area contributed by atoms with Crippen molar-refractivity contribution in [2.45, 2.75) is 6.92 Å². The molecule has 16 heteroatoms. The van der Waals surface area contributed by atoms with Crippen LogP contribution in [0.2, 0.25) is 0 Å². The zero-order valence-electron chi connectivity index (χ0n) is 31.0. The molecule has 6 aromatic rings. The molecule has 4 heterocycles. The second-order valence-electron chi connectivity index (χ2n) is 13.2. The number of rotatable bonds is 13. The summed E-state index contributed by atoms with van der Waals surface area (Å²) in [7, 11) is -1.62. The molecular weight excluding hydrogens is 743 g/mol. The molecule has 3 aromatic carbocycles. The fourth-order valence-corrected chi connectivity index (χ4v) is 7.14. The standard InChI is InChI=1S/C40H40F2N8O5S/c1-4-55-34-25-27(49-20-18-48(19-21-49)22-23-56(3,52)53)12-13-31(34)44-40-43-16-15-32(45-40)38-36(46-35-10-5-6-17-50(35)38)26-11-14-33(54-2)28(24-26)39(51)47-37-29(41)8-7-9-30(37)42/h5-17,24-25H,4,18-23H2,1-3H3,(H,47,51)(H,43,44,45). The lowest BCUT2D eigenvalue weighted by Crippen LogP contribution is -2.47. The Hall–Kier alpha value is -6.13. The lowest BCUT2D eigenvalue weighted by Gasteiger charge is -2.36. The maximum Gasteiger partial charge on any atom is 0.259 e. The van der Waals surface area contributed by atoms with Crippen molar-refractivity contribution >= 4 is 44.4 Å². The van der Waals surface area contributed by atoms with Crippen LogP contribution < -0.4 is 25.0 Å². The molecule has 1 saturated heterocycles. The zero-order valence-corrected chi connectivity index (χ0v) is 31.8. The molecule has 0 unspecified atom stereocenters. The monoisotopic (exact) mass is 782 g/mol. The fourth-order valence-electron chi connectivity index (χ4n) is 6.55. The number of hydrogen-bond donors (Lipinski definition) is 2. The van der Waals surface area contributed by atoms with Gasteiger partial charge in [0.1, 0.15) is 44.3 Å². The fraction of sp³-hybridized carbons (Fsp3) is 0.250. The van der Waals surface area contributed by atoms with Crippen LogP contribution in [0.4, 0.5) is 31.8 Å². The highest BCUT2D eigenvalue weighted by Crippen LogP contribution is 2.36. The van der Waals surface area contributed by atoms with Crippen molar-refractivity contribution in [1.29, 1.82) is 0 Å². The number of fused-ring (bicyclic) bond motifs is 1. The van der Waals surface area contributed by atoms with Crippen molar-refractivity contribution in [3.8, 4) is 34.1 Å². The van der Waals surface area contributed by atoms with E-state index >= 15 is 0 Å². The first-order chi connectivity index (χ1) is 27.0. The molecule has 1 aliphatic rings. The molecule has 290 valence electrons. The number of methoxy groups -OCH3 is 1. The number of nitrogens with zero attached hydrogens (tertiary/aromatic N) is 6. The smallest absolute Gasteiger partial charge is 0.259 e. The Kier molecular flexibility index (Phi) is 11.1. The van der Waals surface area contributed by atoms with Gasteiger partial charge in [0.15, 0.2) is 0 Å². The first-order valence-corrected chi connectivity index (χ1v) is 20.0. The van der Waals surface area contributed by atoms with Crippen LogP contribution in [0.1, 0.15) is 17.3 Å². The summed E-state index contributed by atoms with van der Waals surface area (Å²) in [5.74, 6) is -1.33. The number of benzene rings is 3. The summed E-state index contributed by atoms with van der Waals surface area (Å²) >= 11 is 0. The Labute approximate surface area is 322 Å². The van der Waals surface area contributed by atoms with E-state index in [4.69, 9.17) is 19.4 Å². The average molecular weight is 783 g/mol. The summed E-state index contributed by atoms with van der Waals surface area (Å²) < 4.78 is 65.6. The summed E-state index contributed by atoms with van der Waals surface area (Å²) in [6, 6.07) is 21.5. The summed E-state index contributed by atoms with van der Waals surface area (Å²) in [5, 5.41) is 5.66.